The van der Waals surface area contributed by atoms with Crippen LogP contribution in [0.25, 0.3) is 121 Å². The van der Waals surface area contributed by atoms with Crippen molar-refractivity contribution < 1.29 is 0 Å². The van der Waals surface area contributed by atoms with Crippen LogP contribution in [0.5, 0.6) is 0 Å². The van der Waals surface area contributed by atoms with Gasteiger partial charge in [-0.15, -0.1) is 0 Å². The first-order valence-electron chi connectivity index (χ1n) is 22.3. The third-order valence-electron chi connectivity index (χ3n) is 13.6. The monoisotopic (exact) mass is 840 g/mol. The summed E-state index contributed by atoms with van der Waals surface area (Å²) in [7, 11) is 0. The second-order valence-electron chi connectivity index (χ2n) is 17.0. The van der Waals surface area contributed by atoms with Crippen LogP contribution in [0, 0.1) is 11.3 Å². The minimum Gasteiger partial charge on any atom is -0.308 e. The van der Waals surface area contributed by atoms with E-state index in [0.29, 0.717) is 5.56 Å². The van der Waals surface area contributed by atoms with E-state index in [1.807, 2.05) is 6.20 Å². The number of para-hydroxylation sites is 8. The molecule has 0 radical (unpaired) electrons. The number of benzene rings is 9. The minimum atomic E-state index is 0.544. The van der Waals surface area contributed by atoms with Crippen molar-refractivity contribution in [1.29, 1.82) is 5.26 Å². The number of nitrogens with zero attached hydrogens (tertiary/aromatic N) is 6. The van der Waals surface area contributed by atoms with E-state index in [4.69, 9.17) is 4.98 Å². The van der Waals surface area contributed by atoms with Gasteiger partial charge in [-0.3, -0.25) is 4.98 Å². The molecule has 0 bridgehead atoms. The molecule has 0 atom stereocenters. The summed E-state index contributed by atoms with van der Waals surface area (Å²) >= 11 is 0. The lowest BCUT2D eigenvalue weighted by molar-refractivity contribution is 1.08. The highest BCUT2D eigenvalue weighted by Crippen LogP contribution is 2.44. The summed E-state index contributed by atoms with van der Waals surface area (Å²) in [4.78, 5) is 5.62. The molecule has 0 N–H and O–H groups in total. The first-order valence-corrected chi connectivity index (χ1v) is 22.3. The van der Waals surface area contributed by atoms with Gasteiger partial charge in [0, 0.05) is 48.7 Å². The normalized spacial score (nSPS) is 11.9. The van der Waals surface area contributed by atoms with Crippen LogP contribution in [-0.2, 0) is 0 Å². The van der Waals surface area contributed by atoms with Crippen molar-refractivity contribution in [3.8, 4) is 40.1 Å². The molecular weight excluding hydrogens is 805 g/mol. The fraction of sp³-hybridized carbons (Fsp3) is 0. The van der Waals surface area contributed by atoms with Crippen LogP contribution < -0.4 is 0 Å². The molecule has 0 unspecified atom stereocenters. The molecular formula is C60H36N6. The van der Waals surface area contributed by atoms with Gasteiger partial charge >= 0.3 is 0 Å². The Labute approximate surface area is 378 Å². The molecule has 0 fully saturated rings. The second kappa shape index (κ2) is 13.9. The maximum Gasteiger partial charge on any atom is 0.101 e. The average Bonchev–Trinajstić information content (AvgIpc) is 4.11. The van der Waals surface area contributed by atoms with Gasteiger partial charge in [0.15, 0.2) is 0 Å². The van der Waals surface area contributed by atoms with Crippen molar-refractivity contribution >= 4 is 87.2 Å². The number of nitriles is 1. The van der Waals surface area contributed by atoms with Gasteiger partial charge in [0.25, 0.3) is 0 Å². The molecule has 0 aliphatic rings. The van der Waals surface area contributed by atoms with E-state index in [1.54, 1.807) is 0 Å². The standard InChI is InChI=1S/C60H36N6/c61-36-38-33-48(58(65-53-29-13-5-21-44(53)45-22-6-14-30-54(45)65)35-57(38)64-51-27-11-3-19-42(51)43-20-4-12-28-52(43)64)60-59(66-55-31-15-7-23-46(55)47-24-8-16-32-56(47)66)34-39(37-62-60)63-49-25-9-1-17-40(49)41-18-2-10-26-50(41)63/h1-35,37H. The summed E-state index contributed by atoms with van der Waals surface area (Å²) in [6.45, 7) is 0. The van der Waals surface area contributed by atoms with E-state index < -0.39 is 0 Å². The highest BCUT2D eigenvalue weighted by Gasteiger charge is 2.26. The van der Waals surface area contributed by atoms with Gasteiger partial charge in [0.2, 0.25) is 0 Å². The van der Waals surface area contributed by atoms with Crippen LogP contribution in [-0.4, -0.2) is 23.3 Å². The number of aromatic nitrogens is 5. The number of hydrogen-bond acceptors (Lipinski definition) is 2. The Bertz CT molecular complexity index is 4160. The predicted octanol–water partition coefficient (Wildman–Crippen LogP) is 15.0. The summed E-state index contributed by atoms with van der Waals surface area (Å²) in [5.74, 6) is 0. The molecule has 5 heterocycles. The Morgan fingerprint density at radius 2 is 0.621 bits per heavy atom. The fourth-order valence-electron chi connectivity index (χ4n) is 10.9. The zero-order chi connectivity index (χ0) is 43.5. The van der Waals surface area contributed by atoms with Crippen LogP contribution >= 0.6 is 0 Å². The van der Waals surface area contributed by atoms with E-state index in [1.165, 1.54) is 10.8 Å². The van der Waals surface area contributed by atoms with Crippen LogP contribution in [0.3, 0.4) is 0 Å². The largest absolute Gasteiger partial charge is 0.308 e. The van der Waals surface area contributed by atoms with Crippen LogP contribution in [0.4, 0.5) is 0 Å². The topological polar surface area (TPSA) is 56.4 Å². The van der Waals surface area contributed by atoms with Crippen molar-refractivity contribution in [3.05, 3.63) is 224 Å². The molecule has 306 valence electrons. The number of rotatable bonds is 5. The Balaban J connectivity index is 1.16. The first-order chi connectivity index (χ1) is 32.7. The highest BCUT2D eigenvalue weighted by atomic mass is 15.1. The van der Waals surface area contributed by atoms with Crippen molar-refractivity contribution in [2.75, 3.05) is 0 Å². The Kier molecular flexibility index (Phi) is 7.65. The van der Waals surface area contributed by atoms with Gasteiger partial charge in [-0.25, -0.2) is 0 Å². The van der Waals surface area contributed by atoms with E-state index >= 15 is 0 Å². The molecule has 66 heavy (non-hydrogen) atoms. The molecule has 6 nitrogen and oxygen atoms in total. The Morgan fingerprint density at radius 1 is 0.318 bits per heavy atom. The maximum atomic E-state index is 11.4. The third kappa shape index (κ3) is 5.02. The van der Waals surface area contributed by atoms with Gasteiger partial charge in [-0.1, -0.05) is 146 Å². The van der Waals surface area contributed by atoms with Gasteiger partial charge in [0.1, 0.15) is 6.07 Å². The lowest BCUT2D eigenvalue weighted by Gasteiger charge is -2.21. The molecule has 0 aliphatic heterocycles. The molecule has 14 aromatic rings. The van der Waals surface area contributed by atoms with E-state index in [0.717, 1.165) is 110 Å². The molecule has 0 spiro atoms. The lowest BCUT2D eigenvalue weighted by Crippen LogP contribution is -2.08. The zero-order valence-corrected chi connectivity index (χ0v) is 35.5. The lowest BCUT2D eigenvalue weighted by atomic mass is 10.0. The van der Waals surface area contributed by atoms with Gasteiger partial charge in [-0.05, 0) is 66.7 Å². The number of pyridine rings is 1. The van der Waals surface area contributed by atoms with Crippen molar-refractivity contribution in [1.82, 2.24) is 23.3 Å². The Morgan fingerprint density at radius 3 is 0.970 bits per heavy atom. The quantitative estimate of drug-likeness (QED) is 0.173. The number of fused-ring (bicyclic) bond motifs is 12. The van der Waals surface area contributed by atoms with Gasteiger partial charge in [0.05, 0.1) is 84.3 Å². The van der Waals surface area contributed by atoms with E-state index in [2.05, 4.69) is 237 Å². The van der Waals surface area contributed by atoms with Crippen LogP contribution in [0.2, 0.25) is 0 Å². The molecule has 14 rings (SSSR count). The molecule has 0 saturated carbocycles. The molecule has 5 aromatic heterocycles. The molecule has 6 heteroatoms. The second-order valence-corrected chi connectivity index (χ2v) is 17.0. The van der Waals surface area contributed by atoms with Crippen LogP contribution in [0.1, 0.15) is 5.56 Å². The molecule has 9 aromatic carbocycles. The van der Waals surface area contributed by atoms with Crippen molar-refractivity contribution in [3.63, 3.8) is 0 Å². The SMILES string of the molecule is N#Cc1cc(-c2ncc(-n3c4ccccc4c4ccccc43)cc2-n2c3ccccc3c3ccccc32)c(-n2c3ccccc3c3ccccc32)cc1-n1c2ccccc2c2ccccc21. The maximum absolute atomic E-state index is 11.4. The fourth-order valence-corrected chi connectivity index (χ4v) is 10.9. The Hall–Kier alpha value is -9.18. The van der Waals surface area contributed by atoms with Crippen molar-refractivity contribution in [2.24, 2.45) is 0 Å². The first kappa shape index (κ1) is 36.3. The average molecular weight is 841 g/mol. The van der Waals surface area contributed by atoms with E-state index in [-0.39, 0.29) is 0 Å². The summed E-state index contributed by atoms with van der Waals surface area (Å²) in [5.41, 5.74) is 14.3. The van der Waals surface area contributed by atoms with E-state index in [9.17, 15) is 5.26 Å². The van der Waals surface area contributed by atoms with Gasteiger partial charge < -0.3 is 18.3 Å². The minimum absolute atomic E-state index is 0.544. The van der Waals surface area contributed by atoms with Crippen LogP contribution in [0.15, 0.2) is 219 Å². The summed E-state index contributed by atoms with van der Waals surface area (Å²) in [6, 6.07) is 77.9. The highest BCUT2D eigenvalue weighted by molar-refractivity contribution is 6.13. The summed E-state index contributed by atoms with van der Waals surface area (Å²) in [5, 5.41) is 20.7. The summed E-state index contributed by atoms with van der Waals surface area (Å²) < 4.78 is 9.33. The van der Waals surface area contributed by atoms with Gasteiger partial charge in [-0.2, -0.15) is 5.26 Å². The van der Waals surface area contributed by atoms with Crippen molar-refractivity contribution in [2.45, 2.75) is 0 Å². The molecule has 0 aliphatic carbocycles. The third-order valence-corrected chi connectivity index (χ3v) is 13.6. The number of hydrogen-bond donors (Lipinski definition) is 0. The predicted molar refractivity (Wildman–Crippen MR) is 272 cm³/mol. The molecule has 0 saturated heterocycles. The smallest absolute Gasteiger partial charge is 0.101 e. The summed E-state index contributed by atoms with van der Waals surface area (Å²) in [6.07, 6.45) is 2.01. The molecule has 0 amide bonds. The zero-order valence-electron chi connectivity index (χ0n) is 35.5.